The molecule has 2 aliphatic rings. The van der Waals surface area contributed by atoms with E-state index in [1.54, 1.807) is 6.20 Å². The molecule has 3 aromatic rings. The molecule has 0 spiro atoms. The molecule has 1 amide bonds. The van der Waals surface area contributed by atoms with Crippen LogP contribution in [0.2, 0.25) is 0 Å². The van der Waals surface area contributed by atoms with Crippen molar-refractivity contribution in [1.29, 1.82) is 0 Å². The van der Waals surface area contributed by atoms with Gasteiger partial charge in [-0.1, -0.05) is 18.2 Å². The number of benzene rings is 1. The van der Waals surface area contributed by atoms with Crippen LogP contribution in [-0.4, -0.2) is 50.5 Å². The molecule has 2 saturated heterocycles. The van der Waals surface area contributed by atoms with Gasteiger partial charge in [0, 0.05) is 11.4 Å². The zero-order chi connectivity index (χ0) is 23.2. The summed E-state index contributed by atoms with van der Waals surface area (Å²) in [5.41, 5.74) is 0.172. The third-order valence-electron chi connectivity index (χ3n) is 6.30. The normalized spacial score (nSPS) is 22.1. The number of nitrogens with zero attached hydrogens (tertiary/aromatic N) is 4. The summed E-state index contributed by atoms with van der Waals surface area (Å²) in [6, 6.07) is 7.26. The third kappa shape index (κ3) is 3.83. The standard InChI is InChI=1S/C23H22F3N5O2/c1-2-33-18-10-27-15-6-4-3-5-14(15)21(18)22(32)31-13-7-8-17(31)16(9-13)30-20-12-28-19(11-29-20)23(24,25)26/h3-6,10-13,16-17H,2,7-9H2,1H3,(H,29,30)/t13-,16-,17+/m1/s1. The second-order valence-corrected chi connectivity index (χ2v) is 8.23. The van der Waals surface area contributed by atoms with E-state index >= 15 is 0 Å². The molecule has 7 nitrogen and oxygen atoms in total. The topological polar surface area (TPSA) is 80.2 Å². The number of nitrogens with one attached hydrogen (secondary N) is 1. The summed E-state index contributed by atoms with van der Waals surface area (Å²) < 4.78 is 44.0. The average Bonchev–Trinajstić information content (AvgIpc) is 3.36. The average molecular weight is 457 g/mol. The highest BCUT2D eigenvalue weighted by Gasteiger charge is 2.49. The van der Waals surface area contributed by atoms with Gasteiger partial charge >= 0.3 is 6.18 Å². The highest BCUT2D eigenvalue weighted by molar-refractivity contribution is 6.09. The first-order valence-corrected chi connectivity index (χ1v) is 10.9. The molecule has 0 saturated carbocycles. The minimum Gasteiger partial charge on any atom is -0.491 e. The van der Waals surface area contributed by atoms with E-state index in [1.165, 1.54) is 0 Å². The van der Waals surface area contributed by atoms with E-state index in [-0.39, 0.29) is 29.9 Å². The van der Waals surface area contributed by atoms with Gasteiger partial charge in [-0.25, -0.2) is 9.97 Å². The zero-order valence-corrected chi connectivity index (χ0v) is 17.8. The van der Waals surface area contributed by atoms with Crippen molar-refractivity contribution in [2.24, 2.45) is 0 Å². The molecule has 1 aromatic carbocycles. The Kier molecular flexibility index (Phi) is 5.30. The molecule has 2 fully saturated rings. The number of carbonyl (C=O) groups excluding carboxylic acids is 1. The minimum atomic E-state index is -4.53. The molecule has 2 bridgehead atoms. The Morgan fingerprint density at radius 1 is 1.15 bits per heavy atom. The van der Waals surface area contributed by atoms with E-state index in [0.29, 0.717) is 29.9 Å². The molecule has 172 valence electrons. The van der Waals surface area contributed by atoms with Crippen LogP contribution in [0.5, 0.6) is 5.75 Å². The SMILES string of the molecule is CCOc1cnc2ccccc2c1C(=O)N1[C@@H]2CC[C@H]1[C@H](Nc1cnc(C(F)(F)F)cn1)C2. The third-order valence-corrected chi connectivity index (χ3v) is 6.30. The van der Waals surface area contributed by atoms with Gasteiger partial charge < -0.3 is 15.0 Å². The summed E-state index contributed by atoms with van der Waals surface area (Å²) in [6.07, 6.45) is 1.22. The molecule has 1 N–H and O–H groups in total. The maximum Gasteiger partial charge on any atom is 0.434 e. The Balaban J connectivity index is 1.41. The second-order valence-electron chi connectivity index (χ2n) is 8.23. The number of anilines is 1. The Labute approximate surface area is 188 Å². The van der Waals surface area contributed by atoms with Crippen LogP contribution in [0.4, 0.5) is 19.0 Å². The van der Waals surface area contributed by atoms with Gasteiger partial charge in [-0.3, -0.25) is 9.78 Å². The van der Waals surface area contributed by atoms with Crippen LogP contribution in [0.1, 0.15) is 42.2 Å². The number of hydrogen-bond acceptors (Lipinski definition) is 6. The summed E-state index contributed by atoms with van der Waals surface area (Å²) in [6.45, 7) is 2.26. The molecule has 2 aliphatic heterocycles. The van der Waals surface area contributed by atoms with Crippen molar-refractivity contribution in [3.63, 3.8) is 0 Å². The number of amides is 1. The van der Waals surface area contributed by atoms with Gasteiger partial charge in [0.1, 0.15) is 5.82 Å². The van der Waals surface area contributed by atoms with Gasteiger partial charge in [0.2, 0.25) is 0 Å². The van der Waals surface area contributed by atoms with Crippen molar-refractivity contribution >= 4 is 22.6 Å². The highest BCUT2D eigenvalue weighted by Crippen LogP contribution is 2.41. The molecule has 2 aromatic heterocycles. The van der Waals surface area contributed by atoms with Gasteiger partial charge in [0.05, 0.1) is 48.4 Å². The van der Waals surface area contributed by atoms with Crippen LogP contribution in [-0.2, 0) is 6.18 Å². The van der Waals surface area contributed by atoms with Crippen LogP contribution < -0.4 is 10.1 Å². The Morgan fingerprint density at radius 3 is 2.70 bits per heavy atom. The van der Waals surface area contributed by atoms with E-state index in [2.05, 4.69) is 20.3 Å². The molecule has 0 radical (unpaired) electrons. The zero-order valence-electron chi connectivity index (χ0n) is 17.8. The lowest BCUT2D eigenvalue weighted by Crippen LogP contribution is -2.40. The Morgan fingerprint density at radius 2 is 1.97 bits per heavy atom. The number of carbonyl (C=O) groups is 1. The first-order valence-electron chi connectivity index (χ1n) is 10.9. The quantitative estimate of drug-likeness (QED) is 0.616. The number of alkyl halides is 3. The smallest absolute Gasteiger partial charge is 0.434 e. The van der Waals surface area contributed by atoms with Gasteiger partial charge in [-0.2, -0.15) is 13.2 Å². The predicted octanol–water partition coefficient (Wildman–Crippen LogP) is 4.30. The first kappa shape index (κ1) is 21.4. The molecule has 4 heterocycles. The number of ether oxygens (including phenoxy) is 1. The number of hydrogen-bond donors (Lipinski definition) is 1. The minimum absolute atomic E-state index is 0.0313. The van der Waals surface area contributed by atoms with Crippen molar-refractivity contribution in [1.82, 2.24) is 19.9 Å². The summed E-state index contributed by atoms with van der Waals surface area (Å²) in [5, 5.41) is 3.92. The fraction of sp³-hybridized carbons (Fsp3) is 0.391. The summed E-state index contributed by atoms with van der Waals surface area (Å²) in [5.74, 6) is 0.593. The number of fused-ring (bicyclic) bond motifs is 3. The van der Waals surface area contributed by atoms with E-state index in [0.717, 1.165) is 30.6 Å². The largest absolute Gasteiger partial charge is 0.491 e. The molecule has 3 atom stereocenters. The molecule has 5 rings (SSSR count). The molecule has 10 heteroatoms. The van der Waals surface area contributed by atoms with Crippen molar-refractivity contribution in [3.05, 3.63) is 54.1 Å². The van der Waals surface area contributed by atoms with Gasteiger partial charge in [-0.15, -0.1) is 0 Å². The monoisotopic (exact) mass is 457 g/mol. The van der Waals surface area contributed by atoms with Gasteiger partial charge in [0.15, 0.2) is 11.4 Å². The molecular formula is C23H22F3N5O2. The van der Waals surface area contributed by atoms with Crippen LogP contribution in [0.25, 0.3) is 10.9 Å². The van der Waals surface area contributed by atoms with Crippen LogP contribution in [0, 0.1) is 0 Å². The summed E-state index contributed by atoms with van der Waals surface area (Å²) in [4.78, 5) is 27.5. The van der Waals surface area contributed by atoms with Crippen molar-refractivity contribution in [2.45, 2.75) is 50.5 Å². The van der Waals surface area contributed by atoms with Crippen LogP contribution in [0.15, 0.2) is 42.9 Å². The maximum absolute atomic E-state index is 13.8. The Hall–Kier alpha value is -3.43. The van der Waals surface area contributed by atoms with Crippen LogP contribution >= 0.6 is 0 Å². The maximum atomic E-state index is 13.8. The lowest BCUT2D eigenvalue weighted by atomic mass is 9.95. The second kappa shape index (κ2) is 8.17. The molecule has 33 heavy (non-hydrogen) atoms. The lowest BCUT2D eigenvalue weighted by molar-refractivity contribution is -0.141. The number of halogens is 3. The fourth-order valence-corrected chi connectivity index (χ4v) is 4.94. The van der Waals surface area contributed by atoms with Crippen molar-refractivity contribution in [3.8, 4) is 5.75 Å². The van der Waals surface area contributed by atoms with Crippen LogP contribution in [0.3, 0.4) is 0 Å². The number of aromatic nitrogens is 3. The molecular weight excluding hydrogens is 435 g/mol. The molecule has 0 unspecified atom stereocenters. The Bertz CT molecular complexity index is 1180. The van der Waals surface area contributed by atoms with Crippen molar-refractivity contribution < 1.29 is 22.7 Å². The fourth-order valence-electron chi connectivity index (χ4n) is 4.94. The van der Waals surface area contributed by atoms with E-state index in [9.17, 15) is 18.0 Å². The number of rotatable bonds is 5. The summed E-state index contributed by atoms with van der Waals surface area (Å²) in [7, 11) is 0. The predicted molar refractivity (Wildman–Crippen MR) is 115 cm³/mol. The van der Waals surface area contributed by atoms with Gasteiger partial charge in [-0.05, 0) is 32.3 Å². The first-order chi connectivity index (χ1) is 15.9. The lowest BCUT2D eigenvalue weighted by Gasteiger charge is -2.26. The van der Waals surface area contributed by atoms with E-state index in [4.69, 9.17) is 4.74 Å². The number of para-hydroxylation sites is 1. The molecule has 0 aliphatic carbocycles. The highest BCUT2D eigenvalue weighted by atomic mass is 19.4. The van der Waals surface area contributed by atoms with Gasteiger partial charge in [0.25, 0.3) is 5.91 Å². The van der Waals surface area contributed by atoms with Crippen molar-refractivity contribution in [2.75, 3.05) is 11.9 Å². The van der Waals surface area contributed by atoms with E-state index < -0.39 is 11.9 Å². The number of pyridine rings is 1. The summed E-state index contributed by atoms with van der Waals surface area (Å²) >= 11 is 0. The van der Waals surface area contributed by atoms with E-state index in [1.807, 2.05) is 36.1 Å².